The first-order chi connectivity index (χ1) is 7.95. The summed E-state index contributed by atoms with van der Waals surface area (Å²) >= 11 is 0. The van der Waals surface area contributed by atoms with Crippen LogP contribution in [0.3, 0.4) is 0 Å². The van der Waals surface area contributed by atoms with E-state index in [1.165, 1.54) is 0 Å². The minimum Gasteiger partial charge on any atom is -0.480 e. The van der Waals surface area contributed by atoms with Crippen LogP contribution in [0.5, 0.6) is 0 Å². The van der Waals surface area contributed by atoms with Crippen LogP contribution in [0.25, 0.3) is 0 Å². The van der Waals surface area contributed by atoms with Crippen LogP contribution in [0.2, 0.25) is 0 Å². The molecule has 0 aromatic carbocycles. The van der Waals surface area contributed by atoms with Gasteiger partial charge in [-0.25, -0.2) is 0 Å². The Hall–Kier alpha value is -1.63. The fourth-order valence-corrected chi connectivity index (χ4v) is 0.956. The highest BCUT2D eigenvalue weighted by Crippen LogP contribution is 1.98. The minimum absolute atomic E-state index is 0.0124. The highest BCUT2D eigenvalue weighted by atomic mass is 16.5. The molecule has 1 unspecified atom stereocenters. The van der Waals surface area contributed by atoms with Gasteiger partial charge in [-0.15, -0.1) is 0 Å². The van der Waals surface area contributed by atoms with Crippen molar-refractivity contribution in [2.24, 2.45) is 0 Å². The number of carboxylic acids is 1. The van der Waals surface area contributed by atoms with Crippen LogP contribution in [-0.4, -0.2) is 49.2 Å². The number of carbonyl (C=O) groups is 3. The number of methoxy groups -OCH3 is 1. The number of hydrogen-bond donors (Lipinski definition) is 3. The lowest BCUT2D eigenvalue weighted by atomic mass is 10.2. The Balaban J connectivity index is 3.62. The van der Waals surface area contributed by atoms with Crippen LogP contribution >= 0.6 is 0 Å². The second-order valence-electron chi connectivity index (χ2n) is 3.53. The molecule has 0 fully saturated rings. The first-order valence-electron chi connectivity index (χ1n) is 5.23. The zero-order valence-electron chi connectivity index (χ0n) is 9.99. The Labute approximate surface area is 99.5 Å². The smallest absolute Gasteiger partial charge is 0.322 e. The Morgan fingerprint density at radius 2 is 1.76 bits per heavy atom. The molecule has 0 aliphatic carbocycles. The molecular formula is C10H18N2O5. The zero-order chi connectivity index (χ0) is 13.3. The van der Waals surface area contributed by atoms with Crippen LogP contribution in [0.1, 0.15) is 19.8 Å². The molecule has 17 heavy (non-hydrogen) atoms. The first-order valence-corrected chi connectivity index (χ1v) is 5.23. The summed E-state index contributed by atoms with van der Waals surface area (Å²) in [6.07, 6.45) is 0.821. The molecular weight excluding hydrogens is 228 g/mol. The Bertz CT molecular complexity index is 280. The number of rotatable bonds is 8. The minimum atomic E-state index is -1.13. The van der Waals surface area contributed by atoms with E-state index in [0.717, 1.165) is 0 Å². The summed E-state index contributed by atoms with van der Waals surface area (Å²) < 4.78 is 4.97. The Kier molecular flexibility index (Phi) is 7.70. The van der Waals surface area contributed by atoms with Crippen molar-refractivity contribution in [3.8, 4) is 0 Å². The number of carbonyl (C=O) groups excluding carboxylic acids is 2. The summed E-state index contributed by atoms with van der Waals surface area (Å²) in [4.78, 5) is 32.4. The van der Waals surface area contributed by atoms with Crippen molar-refractivity contribution in [2.45, 2.75) is 25.9 Å². The van der Waals surface area contributed by atoms with Crippen molar-refractivity contribution in [3.63, 3.8) is 0 Å². The third-order valence-corrected chi connectivity index (χ3v) is 2.06. The van der Waals surface area contributed by atoms with Gasteiger partial charge in [-0.1, -0.05) is 0 Å². The van der Waals surface area contributed by atoms with Gasteiger partial charge in [-0.2, -0.15) is 0 Å². The van der Waals surface area contributed by atoms with Gasteiger partial charge in [-0.05, 0) is 13.3 Å². The number of aliphatic carboxylic acids is 1. The van der Waals surface area contributed by atoms with E-state index in [1.807, 2.05) is 6.92 Å². The van der Waals surface area contributed by atoms with Gasteiger partial charge in [0.25, 0.3) is 0 Å². The summed E-state index contributed by atoms with van der Waals surface area (Å²) in [5, 5.41) is 12.8. The third kappa shape index (κ3) is 9.31. The zero-order valence-corrected chi connectivity index (χ0v) is 9.99. The molecule has 0 aliphatic rings. The maximum atomic E-state index is 11.2. The molecule has 0 heterocycles. The van der Waals surface area contributed by atoms with E-state index in [-0.39, 0.29) is 25.0 Å². The van der Waals surface area contributed by atoms with Crippen molar-refractivity contribution in [1.29, 1.82) is 0 Å². The lowest BCUT2D eigenvalue weighted by Gasteiger charge is -2.09. The molecule has 0 aromatic rings. The van der Waals surface area contributed by atoms with E-state index < -0.39 is 18.4 Å². The molecule has 3 N–H and O–H groups in total. The maximum Gasteiger partial charge on any atom is 0.322 e. The summed E-state index contributed by atoms with van der Waals surface area (Å²) in [6.45, 7) is 1.18. The van der Waals surface area contributed by atoms with Crippen molar-refractivity contribution in [1.82, 2.24) is 10.6 Å². The Morgan fingerprint density at radius 1 is 1.18 bits per heavy atom. The SMILES string of the molecule is COC(C)CCC(=O)NCC(=O)NCC(=O)O. The Morgan fingerprint density at radius 3 is 2.29 bits per heavy atom. The van der Waals surface area contributed by atoms with Gasteiger partial charge < -0.3 is 20.5 Å². The van der Waals surface area contributed by atoms with Crippen LogP contribution in [-0.2, 0) is 19.1 Å². The average Bonchev–Trinajstić information content (AvgIpc) is 2.30. The highest BCUT2D eigenvalue weighted by Gasteiger charge is 2.08. The molecule has 1 atom stereocenters. The molecule has 0 rings (SSSR count). The van der Waals surface area contributed by atoms with E-state index in [1.54, 1.807) is 7.11 Å². The topological polar surface area (TPSA) is 105 Å². The number of nitrogens with one attached hydrogen (secondary N) is 2. The van der Waals surface area contributed by atoms with Gasteiger partial charge >= 0.3 is 5.97 Å². The summed E-state index contributed by atoms with van der Waals surface area (Å²) in [6, 6.07) is 0. The molecule has 98 valence electrons. The van der Waals surface area contributed by atoms with Crippen LogP contribution in [0, 0.1) is 0 Å². The molecule has 0 spiro atoms. The third-order valence-electron chi connectivity index (χ3n) is 2.06. The van der Waals surface area contributed by atoms with Crippen LogP contribution in [0.4, 0.5) is 0 Å². The second-order valence-corrected chi connectivity index (χ2v) is 3.53. The number of hydrogen-bond acceptors (Lipinski definition) is 4. The van der Waals surface area contributed by atoms with Gasteiger partial charge in [0.05, 0.1) is 12.6 Å². The number of carboxylic acid groups (broad SMARTS) is 1. The van der Waals surface area contributed by atoms with E-state index in [4.69, 9.17) is 9.84 Å². The van der Waals surface area contributed by atoms with Crippen molar-refractivity contribution >= 4 is 17.8 Å². The molecule has 0 aliphatic heterocycles. The fraction of sp³-hybridized carbons (Fsp3) is 0.700. The fourth-order valence-electron chi connectivity index (χ4n) is 0.956. The highest BCUT2D eigenvalue weighted by molar-refractivity contribution is 5.86. The number of ether oxygens (including phenoxy) is 1. The van der Waals surface area contributed by atoms with Crippen molar-refractivity contribution in [2.75, 3.05) is 20.2 Å². The number of amides is 2. The molecule has 0 bridgehead atoms. The van der Waals surface area contributed by atoms with Gasteiger partial charge in [-0.3, -0.25) is 14.4 Å². The van der Waals surface area contributed by atoms with Crippen LogP contribution < -0.4 is 10.6 Å². The van der Waals surface area contributed by atoms with Crippen molar-refractivity contribution in [3.05, 3.63) is 0 Å². The lowest BCUT2D eigenvalue weighted by molar-refractivity contribution is -0.137. The van der Waals surface area contributed by atoms with Gasteiger partial charge in [0.1, 0.15) is 6.54 Å². The van der Waals surface area contributed by atoms with Crippen molar-refractivity contribution < 1.29 is 24.2 Å². The molecule has 0 saturated heterocycles. The molecule has 2 amide bonds. The van der Waals surface area contributed by atoms with E-state index in [2.05, 4.69) is 10.6 Å². The van der Waals surface area contributed by atoms with Gasteiger partial charge in [0.2, 0.25) is 11.8 Å². The van der Waals surface area contributed by atoms with E-state index in [9.17, 15) is 14.4 Å². The first kappa shape index (κ1) is 15.4. The monoisotopic (exact) mass is 246 g/mol. The van der Waals surface area contributed by atoms with Gasteiger partial charge in [0, 0.05) is 13.5 Å². The summed E-state index contributed by atoms with van der Waals surface area (Å²) in [5.41, 5.74) is 0. The predicted octanol–water partition coefficient (Wildman–Crippen LogP) is -0.881. The maximum absolute atomic E-state index is 11.2. The molecule has 7 heteroatoms. The standard InChI is InChI=1S/C10H18N2O5/c1-7(17-2)3-4-8(13)11-5-9(14)12-6-10(15)16/h7H,3-6H2,1-2H3,(H,11,13)(H,12,14)(H,15,16). The normalized spacial score (nSPS) is 11.6. The van der Waals surface area contributed by atoms with E-state index >= 15 is 0 Å². The van der Waals surface area contributed by atoms with Crippen LogP contribution in [0.15, 0.2) is 0 Å². The second kappa shape index (κ2) is 8.51. The van der Waals surface area contributed by atoms with Gasteiger partial charge in [0.15, 0.2) is 0 Å². The molecule has 0 saturated carbocycles. The van der Waals surface area contributed by atoms with E-state index in [0.29, 0.717) is 6.42 Å². The average molecular weight is 246 g/mol. The predicted molar refractivity (Wildman–Crippen MR) is 59.4 cm³/mol. The molecule has 7 nitrogen and oxygen atoms in total. The molecule has 0 aromatic heterocycles. The quantitative estimate of drug-likeness (QED) is 0.516. The lowest BCUT2D eigenvalue weighted by Crippen LogP contribution is -2.39. The largest absolute Gasteiger partial charge is 0.480 e. The molecule has 0 radical (unpaired) electrons. The summed E-state index contributed by atoms with van der Waals surface area (Å²) in [5.74, 6) is -1.92. The summed E-state index contributed by atoms with van der Waals surface area (Å²) in [7, 11) is 1.56.